The van der Waals surface area contributed by atoms with Gasteiger partial charge in [0.2, 0.25) is 16.8 Å². The molecule has 1 N–H and O–H groups in total. The molecular weight excluding hydrogens is 546 g/mol. The van der Waals surface area contributed by atoms with Crippen LogP contribution in [0.15, 0.2) is 81.2 Å². The lowest BCUT2D eigenvalue weighted by Crippen LogP contribution is -2.39. The molecule has 3 aromatic carbocycles. The van der Waals surface area contributed by atoms with Gasteiger partial charge in [0.05, 0.1) is 17.7 Å². The first-order valence-corrected chi connectivity index (χ1v) is 12.6. The van der Waals surface area contributed by atoms with E-state index in [0.717, 1.165) is 9.87 Å². The molecule has 0 unspecified atom stereocenters. The van der Waals surface area contributed by atoms with Gasteiger partial charge in [0, 0.05) is 21.6 Å². The minimum atomic E-state index is -3.98. The zero-order valence-corrected chi connectivity index (χ0v) is 20.8. The summed E-state index contributed by atoms with van der Waals surface area (Å²) in [7, 11) is -3.98. The lowest BCUT2D eigenvalue weighted by atomic mass is 10.2. The average Bonchev–Trinajstić information content (AvgIpc) is 3.27. The van der Waals surface area contributed by atoms with Crippen LogP contribution < -0.4 is 14.9 Å². The quantitative estimate of drug-likeness (QED) is 0.327. The molecule has 0 fully saturated rings. The maximum absolute atomic E-state index is 13.3. The fraction of sp³-hybridized carbons (Fsp3) is 0.130. The van der Waals surface area contributed by atoms with Crippen LogP contribution in [-0.2, 0) is 21.4 Å². The third kappa shape index (κ3) is 5.76. The van der Waals surface area contributed by atoms with Crippen LogP contribution in [0.2, 0.25) is 5.02 Å². The molecule has 176 valence electrons. The highest BCUT2D eigenvalue weighted by Crippen LogP contribution is 2.36. The monoisotopic (exact) mass is 563 g/mol. The van der Waals surface area contributed by atoms with Crippen LogP contribution in [0.1, 0.15) is 11.1 Å². The van der Waals surface area contributed by atoms with Crippen molar-refractivity contribution in [3.05, 3.63) is 87.4 Å². The SMILES string of the molecule is O=C(CN(Cc1ccccc1)S(=O)(=O)c1ccc(Cl)cc1)N/N=C\c1cc2c(cc1Br)OCO2. The second-order valence-electron chi connectivity index (χ2n) is 7.23. The van der Waals surface area contributed by atoms with Gasteiger partial charge in [-0.05, 0) is 57.9 Å². The highest BCUT2D eigenvalue weighted by Gasteiger charge is 2.27. The van der Waals surface area contributed by atoms with Crippen LogP contribution in [0.5, 0.6) is 11.5 Å². The van der Waals surface area contributed by atoms with Crippen molar-refractivity contribution in [2.24, 2.45) is 5.10 Å². The van der Waals surface area contributed by atoms with E-state index in [-0.39, 0.29) is 18.2 Å². The van der Waals surface area contributed by atoms with Crippen LogP contribution in [0, 0.1) is 0 Å². The zero-order valence-electron chi connectivity index (χ0n) is 17.6. The summed E-state index contributed by atoms with van der Waals surface area (Å²) in [5, 5.41) is 4.38. The molecule has 3 aromatic rings. The van der Waals surface area contributed by atoms with Crippen molar-refractivity contribution in [3.63, 3.8) is 0 Å². The van der Waals surface area contributed by atoms with E-state index in [9.17, 15) is 13.2 Å². The topological polar surface area (TPSA) is 97.3 Å². The van der Waals surface area contributed by atoms with Gasteiger partial charge in [-0.25, -0.2) is 13.8 Å². The molecule has 0 saturated heterocycles. The van der Waals surface area contributed by atoms with Crippen LogP contribution in [0.3, 0.4) is 0 Å². The molecule has 0 atom stereocenters. The number of amides is 1. The van der Waals surface area contributed by atoms with Crippen molar-refractivity contribution in [2.45, 2.75) is 11.4 Å². The summed E-state index contributed by atoms with van der Waals surface area (Å²) in [6.07, 6.45) is 1.43. The van der Waals surface area contributed by atoms with Gasteiger partial charge in [-0.3, -0.25) is 4.79 Å². The van der Waals surface area contributed by atoms with E-state index in [4.69, 9.17) is 21.1 Å². The number of hydrazone groups is 1. The number of hydrogen-bond acceptors (Lipinski definition) is 6. The number of nitrogens with zero attached hydrogens (tertiary/aromatic N) is 2. The number of ether oxygens (including phenoxy) is 2. The first-order valence-electron chi connectivity index (χ1n) is 10.0. The summed E-state index contributed by atoms with van der Waals surface area (Å²) >= 11 is 9.31. The molecule has 1 aliphatic heterocycles. The first-order chi connectivity index (χ1) is 16.3. The molecule has 0 spiro atoms. The van der Waals surface area contributed by atoms with Crippen LogP contribution in [-0.4, -0.2) is 38.2 Å². The number of hydrogen-bond donors (Lipinski definition) is 1. The van der Waals surface area contributed by atoms with Crippen LogP contribution >= 0.6 is 27.5 Å². The molecule has 4 rings (SSSR count). The Bertz CT molecular complexity index is 1320. The summed E-state index contributed by atoms with van der Waals surface area (Å²) in [5.74, 6) is 0.581. The molecule has 0 bridgehead atoms. The summed E-state index contributed by atoms with van der Waals surface area (Å²) in [6, 6.07) is 18.3. The van der Waals surface area contributed by atoms with E-state index >= 15 is 0 Å². The minimum Gasteiger partial charge on any atom is -0.454 e. The lowest BCUT2D eigenvalue weighted by molar-refractivity contribution is -0.121. The Labute approximate surface area is 210 Å². The Hall–Kier alpha value is -2.92. The average molecular weight is 565 g/mol. The van der Waals surface area contributed by atoms with Crippen LogP contribution in [0.25, 0.3) is 0 Å². The molecule has 0 aliphatic carbocycles. The Morgan fingerprint density at radius 2 is 1.76 bits per heavy atom. The van der Waals surface area contributed by atoms with Gasteiger partial charge in [0.15, 0.2) is 11.5 Å². The first kappa shape index (κ1) is 24.2. The minimum absolute atomic E-state index is 0.0106. The third-order valence-corrected chi connectivity index (χ3v) is 7.60. The normalized spacial score (nSPS) is 12.9. The second kappa shape index (κ2) is 10.6. The maximum atomic E-state index is 13.3. The molecular formula is C23H19BrClN3O5S. The predicted molar refractivity (Wildman–Crippen MR) is 131 cm³/mol. The standard InChI is InChI=1S/C23H19BrClN3O5S/c24-20-11-22-21(32-15-33-22)10-17(20)12-26-27-23(29)14-28(13-16-4-2-1-3-5-16)34(30,31)19-8-6-18(25)7-9-19/h1-12H,13-15H2,(H,27,29)/b26-12-. The molecule has 0 saturated carbocycles. The number of benzene rings is 3. The molecule has 0 radical (unpaired) electrons. The number of carbonyl (C=O) groups excluding carboxylic acids is 1. The molecule has 1 amide bonds. The van der Waals surface area contributed by atoms with Gasteiger partial charge in [-0.1, -0.05) is 41.9 Å². The Morgan fingerprint density at radius 1 is 1.09 bits per heavy atom. The van der Waals surface area contributed by atoms with E-state index in [2.05, 4.69) is 26.5 Å². The van der Waals surface area contributed by atoms with E-state index in [1.165, 1.54) is 30.5 Å². The lowest BCUT2D eigenvalue weighted by Gasteiger charge is -2.21. The van der Waals surface area contributed by atoms with Crippen LogP contribution in [0.4, 0.5) is 0 Å². The van der Waals surface area contributed by atoms with Gasteiger partial charge >= 0.3 is 0 Å². The Balaban J connectivity index is 1.50. The van der Waals surface area contributed by atoms with Gasteiger partial charge in [-0.15, -0.1) is 0 Å². The Kier molecular flexibility index (Phi) is 7.52. The van der Waals surface area contributed by atoms with E-state index < -0.39 is 22.5 Å². The van der Waals surface area contributed by atoms with Gasteiger partial charge in [0.1, 0.15) is 0 Å². The zero-order chi connectivity index (χ0) is 24.1. The van der Waals surface area contributed by atoms with Gasteiger partial charge < -0.3 is 9.47 Å². The van der Waals surface area contributed by atoms with Gasteiger partial charge in [0.25, 0.3) is 5.91 Å². The number of fused-ring (bicyclic) bond motifs is 1. The fourth-order valence-electron chi connectivity index (χ4n) is 3.17. The van der Waals surface area contributed by atoms with Crippen molar-refractivity contribution >= 4 is 49.7 Å². The number of carbonyl (C=O) groups is 1. The highest BCUT2D eigenvalue weighted by molar-refractivity contribution is 9.10. The smallest absolute Gasteiger partial charge is 0.255 e. The molecule has 34 heavy (non-hydrogen) atoms. The van der Waals surface area contributed by atoms with E-state index in [1.54, 1.807) is 36.4 Å². The number of nitrogens with one attached hydrogen (secondary N) is 1. The number of halogens is 2. The van der Waals surface area contributed by atoms with Gasteiger partial charge in [-0.2, -0.15) is 9.41 Å². The van der Waals surface area contributed by atoms with E-state index in [0.29, 0.717) is 26.6 Å². The predicted octanol–water partition coefficient (Wildman–Crippen LogP) is 4.17. The summed E-state index contributed by atoms with van der Waals surface area (Å²) in [5.41, 5.74) is 3.77. The van der Waals surface area contributed by atoms with Crippen molar-refractivity contribution in [2.75, 3.05) is 13.3 Å². The number of rotatable bonds is 8. The molecule has 0 aromatic heterocycles. The van der Waals surface area contributed by atoms with Crippen molar-refractivity contribution in [1.29, 1.82) is 0 Å². The fourth-order valence-corrected chi connectivity index (χ4v) is 5.10. The summed E-state index contributed by atoms with van der Waals surface area (Å²) in [6.45, 7) is -0.283. The maximum Gasteiger partial charge on any atom is 0.255 e. The van der Waals surface area contributed by atoms with Crippen molar-refractivity contribution in [3.8, 4) is 11.5 Å². The van der Waals surface area contributed by atoms with Crippen molar-refractivity contribution < 1.29 is 22.7 Å². The number of sulfonamides is 1. The largest absolute Gasteiger partial charge is 0.454 e. The third-order valence-electron chi connectivity index (χ3n) is 4.86. The molecule has 1 aliphatic rings. The summed E-state index contributed by atoms with van der Waals surface area (Å²) in [4.78, 5) is 12.7. The summed E-state index contributed by atoms with van der Waals surface area (Å²) < 4.78 is 39.0. The van der Waals surface area contributed by atoms with E-state index in [1.807, 2.05) is 6.07 Å². The second-order valence-corrected chi connectivity index (χ2v) is 10.5. The molecule has 8 nitrogen and oxygen atoms in total. The Morgan fingerprint density at radius 3 is 2.47 bits per heavy atom. The molecule has 11 heteroatoms. The molecule has 1 heterocycles. The highest BCUT2D eigenvalue weighted by atomic mass is 79.9. The van der Waals surface area contributed by atoms with Crippen molar-refractivity contribution in [1.82, 2.24) is 9.73 Å².